The van der Waals surface area contributed by atoms with E-state index < -0.39 is 19.9 Å². The number of hydrogen-bond donors (Lipinski definition) is 1. The highest BCUT2D eigenvalue weighted by Gasteiger charge is 2.17. The van der Waals surface area contributed by atoms with Crippen LogP contribution in [0.1, 0.15) is 23.0 Å². The summed E-state index contributed by atoms with van der Waals surface area (Å²) in [6.45, 7) is 9.79. The van der Waals surface area contributed by atoms with E-state index in [1.165, 1.54) is 12.1 Å². The van der Waals surface area contributed by atoms with Crippen LogP contribution in [0.3, 0.4) is 0 Å². The summed E-state index contributed by atoms with van der Waals surface area (Å²) in [5, 5.41) is 9.17. The maximum absolute atomic E-state index is 13.9. The minimum absolute atomic E-state index is 0.0792. The van der Waals surface area contributed by atoms with E-state index in [0.29, 0.717) is 31.0 Å². The number of carbonyl (C=O) groups is 1. The molecule has 0 unspecified atom stereocenters. The topological polar surface area (TPSA) is 64.4 Å². The van der Waals surface area contributed by atoms with Crippen LogP contribution in [0.2, 0.25) is 25.7 Å². The van der Waals surface area contributed by atoms with E-state index in [9.17, 15) is 9.18 Å². The highest BCUT2D eigenvalue weighted by molar-refractivity contribution is 6.76. The Kier molecular flexibility index (Phi) is 6.13. The van der Waals surface area contributed by atoms with Crippen molar-refractivity contribution in [2.45, 2.75) is 45.8 Å². The van der Waals surface area contributed by atoms with E-state index in [4.69, 9.17) is 9.84 Å². The largest absolute Gasteiger partial charge is 0.478 e. The average Bonchev–Trinajstić information content (AvgIpc) is 2.93. The predicted octanol–water partition coefficient (Wildman–Crippen LogP) is 4.26. The number of aromatic carboxylic acids is 1. The van der Waals surface area contributed by atoms with Crippen LogP contribution in [0, 0.1) is 5.82 Å². The Morgan fingerprint density at radius 2 is 2.04 bits per heavy atom. The molecule has 2 rings (SSSR count). The number of imidazole rings is 1. The van der Waals surface area contributed by atoms with Gasteiger partial charge in [0, 0.05) is 20.2 Å². The average molecular weight is 364 g/mol. The summed E-state index contributed by atoms with van der Waals surface area (Å²) in [5.41, 5.74) is 1.92. The van der Waals surface area contributed by atoms with Crippen molar-refractivity contribution in [3.8, 4) is 11.3 Å². The minimum atomic E-state index is -1.17. The third kappa shape index (κ3) is 5.24. The minimum Gasteiger partial charge on any atom is -0.478 e. The van der Waals surface area contributed by atoms with Crippen molar-refractivity contribution in [2.75, 3.05) is 6.61 Å². The third-order valence-electron chi connectivity index (χ3n) is 3.89. The SMILES string of the molecule is CCc1ncn(COCC[Si](C)(C)C)c1-c1cc(F)cc(C(=O)O)c1. The van der Waals surface area contributed by atoms with Crippen LogP contribution >= 0.6 is 0 Å². The monoisotopic (exact) mass is 364 g/mol. The molecule has 5 nitrogen and oxygen atoms in total. The van der Waals surface area contributed by atoms with Gasteiger partial charge in [-0.15, -0.1) is 0 Å². The molecule has 1 N–H and O–H groups in total. The molecule has 0 bridgehead atoms. The van der Waals surface area contributed by atoms with Gasteiger partial charge in [-0.3, -0.25) is 0 Å². The number of aryl methyl sites for hydroxylation is 1. The second kappa shape index (κ2) is 7.92. The number of halogens is 1. The van der Waals surface area contributed by atoms with Gasteiger partial charge < -0.3 is 14.4 Å². The molecule has 0 saturated carbocycles. The fraction of sp³-hybridized carbons (Fsp3) is 0.444. The third-order valence-corrected chi connectivity index (χ3v) is 5.60. The zero-order valence-electron chi connectivity index (χ0n) is 15.2. The number of aromatic nitrogens is 2. The molecule has 2 aromatic rings. The molecular formula is C18H25FN2O3Si. The van der Waals surface area contributed by atoms with Crippen molar-refractivity contribution in [3.63, 3.8) is 0 Å². The van der Waals surface area contributed by atoms with Crippen molar-refractivity contribution >= 4 is 14.0 Å². The van der Waals surface area contributed by atoms with Crippen LogP contribution in [0.25, 0.3) is 11.3 Å². The number of rotatable bonds is 8. The van der Waals surface area contributed by atoms with E-state index in [1.54, 1.807) is 6.33 Å². The van der Waals surface area contributed by atoms with Gasteiger partial charge in [-0.2, -0.15) is 0 Å². The van der Waals surface area contributed by atoms with E-state index in [1.807, 2.05) is 11.5 Å². The number of hydrogen-bond acceptors (Lipinski definition) is 3. The van der Waals surface area contributed by atoms with Crippen molar-refractivity contribution in [3.05, 3.63) is 41.6 Å². The van der Waals surface area contributed by atoms with Gasteiger partial charge in [0.15, 0.2) is 0 Å². The molecule has 0 aliphatic carbocycles. The highest BCUT2D eigenvalue weighted by atomic mass is 28.3. The first kappa shape index (κ1) is 19.3. The normalized spacial score (nSPS) is 11.7. The molecule has 25 heavy (non-hydrogen) atoms. The molecule has 0 aliphatic rings. The van der Waals surface area contributed by atoms with Crippen LogP contribution in [-0.2, 0) is 17.9 Å². The fourth-order valence-electron chi connectivity index (χ4n) is 2.50. The number of carboxylic acid groups (broad SMARTS) is 1. The van der Waals surface area contributed by atoms with E-state index in [2.05, 4.69) is 24.6 Å². The Balaban J connectivity index is 2.28. The van der Waals surface area contributed by atoms with Gasteiger partial charge in [-0.25, -0.2) is 14.2 Å². The van der Waals surface area contributed by atoms with Crippen LogP contribution in [0.15, 0.2) is 24.5 Å². The quantitative estimate of drug-likeness (QED) is 0.561. The zero-order valence-corrected chi connectivity index (χ0v) is 16.2. The van der Waals surface area contributed by atoms with Gasteiger partial charge in [0.1, 0.15) is 12.5 Å². The lowest BCUT2D eigenvalue weighted by molar-refractivity contribution is 0.0696. The smallest absolute Gasteiger partial charge is 0.335 e. The van der Waals surface area contributed by atoms with Crippen molar-refractivity contribution < 1.29 is 19.0 Å². The standard InChI is InChI=1S/C18H25FN2O3Si/c1-5-16-17(13-8-14(18(22)23)10-15(19)9-13)21(11-20-16)12-24-6-7-25(2,3)4/h8-11H,5-7,12H2,1-4H3,(H,22,23). The zero-order chi connectivity index (χ0) is 18.6. The van der Waals surface area contributed by atoms with Crippen LogP contribution < -0.4 is 0 Å². The summed E-state index contributed by atoms with van der Waals surface area (Å²) in [6.07, 6.45) is 2.32. The summed E-state index contributed by atoms with van der Waals surface area (Å²) in [7, 11) is -1.17. The van der Waals surface area contributed by atoms with E-state index >= 15 is 0 Å². The maximum atomic E-state index is 13.9. The molecule has 0 amide bonds. The lowest BCUT2D eigenvalue weighted by Crippen LogP contribution is -2.22. The summed E-state index contributed by atoms with van der Waals surface area (Å²) in [5.74, 6) is -1.74. The lowest BCUT2D eigenvalue weighted by Gasteiger charge is -2.16. The Bertz CT molecular complexity index is 753. The Labute approximate surface area is 148 Å². The molecule has 0 radical (unpaired) electrons. The van der Waals surface area contributed by atoms with E-state index in [0.717, 1.165) is 17.8 Å². The molecule has 136 valence electrons. The first-order valence-corrected chi connectivity index (χ1v) is 12.1. The number of carboxylic acids is 1. The molecule has 1 heterocycles. The van der Waals surface area contributed by atoms with Gasteiger partial charge >= 0.3 is 5.97 Å². The fourth-order valence-corrected chi connectivity index (χ4v) is 3.26. The summed E-state index contributed by atoms with van der Waals surface area (Å²) >= 11 is 0. The number of nitrogens with zero attached hydrogens (tertiary/aromatic N) is 2. The first-order chi connectivity index (χ1) is 11.7. The van der Waals surface area contributed by atoms with Gasteiger partial charge in [0.25, 0.3) is 0 Å². The molecule has 0 atom stereocenters. The summed E-state index contributed by atoms with van der Waals surface area (Å²) in [6, 6.07) is 4.88. The molecule has 1 aromatic carbocycles. The van der Waals surface area contributed by atoms with Gasteiger partial charge in [0.2, 0.25) is 0 Å². The van der Waals surface area contributed by atoms with Crippen molar-refractivity contribution in [1.82, 2.24) is 9.55 Å². The molecule has 0 spiro atoms. The summed E-state index contributed by atoms with van der Waals surface area (Å²) in [4.78, 5) is 15.6. The number of benzene rings is 1. The van der Waals surface area contributed by atoms with Gasteiger partial charge in [-0.05, 0) is 30.7 Å². The van der Waals surface area contributed by atoms with E-state index in [-0.39, 0.29) is 5.56 Å². The Morgan fingerprint density at radius 1 is 1.32 bits per heavy atom. The molecule has 0 fully saturated rings. The van der Waals surface area contributed by atoms with Crippen molar-refractivity contribution in [1.29, 1.82) is 0 Å². The molecule has 1 aromatic heterocycles. The molecule has 7 heteroatoms. The molecule has 0 aliphatic heterocycles. The van der Waals surface area contributed by atoms with Crippen molar-refractivity contribution in [2.24, 2.45) is 0 Å². The summed E-state index contributed by atoms with van der Waals surface area (Å²) < 4.78 is 21.4. The highest BCUT2D eigenvalue weighted by Crippen LogP contribution is 2.26. The second-order valence-corrected chi connectivity index (χ2v) is 12.9. The Hall–Kier alpha value is -1.99. The van der Waals surface area contributed by atoms with Crippen LogP contribution in [0.5, 0.6) is 0 Å². The maximum Gasteiger partial charge on any atom is 0.335 e. The molecular weight excluding hydrogens is 339 g/mol. The number of ether oxygens (including phenoxy) is 1. The Morgan fingerprint density at radius 3 is 2.64 bits per heavy atom. The molecule has 0 saturated heterocycles. The second-order valence-electron chi connectivity index (χ2n) is 7.24. The van der Waals surface area contributed by atoms with Crippen LogP contribution in [0.4, 0.5) is 4.39 Å². The van der Waals surface area contributed by atoms with Gasteiger partial charge in [0.05, 0.1) is 23.3 Å². The van der Waals surface area contributed by atoms with Gasteiger partial charge in [-0.1, -0.05) is 26.6 Å². The predicted molar refractivity (Wildman–Crippen MR) is 98.1 cm³/mol. The first-order valence-electron chi connectivity index (χ1n) is 8.37. The van der Waals surface area contributed by atoms with Crippen LogP contribution in [-0.4, -0.2) is 35.3 Å². The lowest BCUT2D eigenvalue weighted by atomic mass is 10.1.